The lowest BCUT2D eigenvalue weighted by Crippen LogP contribution is -2.22. The van der Waals surface area contributed by atoms with Crippen molar-refractivity contribution in [1.29, 1.82) is 0 Å². The molecule has 31 heavy (non-hydrogen) atoms. The number of fused-ring (bicyclic) bond motifs is 2. The van der Waals surface area contributed by atoms with Crippen molar-refractivity contribution >= 4 is 22.5 Å². The zero-order valence-corrected chi connectivity index (χ0v) is 16.7. The van der Waals surface area contributed by atoms with E-state index in [1.54, 1.807) is 12.4 Å². The summed E-state index contributed by atoms with van der Waals surface area (Å²) in [6, 6.07) is 14.1. The maximum absolute atomic E-state index is 13.9. The second-order valence-corrected chi connectivity index (χ2v) is 7.22. The molecule has 0 unspecified atom stereocenters. The molecule has 0 saturated carbocycles. The number of rotatable bonds is 5. The van der Waals surface area contributed by atoms with E-state index in [2.05, 4.69) is 25.3 Å². The van der Waals surface area contributed by atoms with E-state index in [1.807, 2.05) is 43.3 Å². The molecular weight excluding hydrogens is 395 g/mol. The van der Waals surface area contributed by atoms with Crippen molar-refractivity contribution in [2.75, 3.05) is 5.32 Å². The minimum absolute atomic E-state index is 0.223. The number of hydrogen-bond donors (Lipinski definition) is 2. The van der Waals surface area contributed by atoms with Gasteiger partial charge in [0, 0.05) is 11.7 Å². The van der Waals surface area contributed by atoms with Crippen LogP contribution in [0.3, 0.4) is 0 Å². The van der Waals surface area contributed by atoms with Crippen LogP contribution in [0.5, 0.6) is 0 Å². The fraction of sp³-hybridized carbons (Fsp3) is 0.130. The van der Waals surface area contributed by atoms with Crippen LogP contribution in [-0.4, -0.2) is 24.3 Å². The molecule has 0 saturated heterocycles. The number of H-pyrrole nitrogens is 1. The molecule has 1 aromatic carbocycles. The Morgan fingerprint density at radius 1 is 1.13 bits per heavy atom. The minimum Gasteiger partial charge on any atom is -0.361 e. The van der Waals surface area contributed by atoms with Crippen LogP contribution in [0, 0.1) is 5.82 Å². The summed E-state index contributed by atoms with van der Waals surface area (Å²) >= 11 is 0. The van der Waals surface area contributed by atoms with E-state index >= 15 is 0 Å². The Labute approximate surface area is 176 Å². The maximum atomic E-state index is 13.9. The number of hydrogen-bond acceptors (Lipinski definition) is 5. The lowest BCUT2D eigenvalue weighted by atomic mass is 9.94. The molecular formula is C23H19FN6O. The SMILES string of the molecule is CC[C@H](Nc1ncnc2nc[nH]c12)c1cc2ccc(F)cn2c(=O)c1-c1ccccc1. The minimum atomic E-state index is -0.464. The fourth-order valence-electron chi connectivity index (χ4n) is 3.86. The Hall–Kier alpha value is -4.07. The number of aromatic amines is 1. The average molecular weight is 414 g/mol. The summed E-state index contributed by atoms with van der Waals surface area (Å²) in [5, 5.41) is 3.44. The first-order valence-electron chi connectivity index (χ1n) is 9.96. The molecule has 5 aromatic rings. The summed E-state index contributed by atoms with van der Waals surface area (Å²) < 4.78 is 15.2. The molecule has 0 spiro atoms. The largest absolute Gasteiger partial charge is 0.361 e. The Kier molecular flexibility index (Phi) is 4.66. The monoisotopic (exact) mass is 414 g/mol. The van der Waals surface area contributed by atoms with Crippen molar-refractivity contribution in [3.05, 3.63) is 89.1 Å². The normalized spacial score (nSPS) is 12.3. The van der Waals surface area contributed by atoms with Crippen molar-refractivity contribution in [2.45, 2.75) is 19.4 Å². The van der Waals surface area contributed by atoms with Gasteiger partial charge in [0.1, 0.15) is 17.7 Å². The molecule has 0 amide bonds. The molecule has 5 rings (SSSR count). The van der Waals surface area contributed by atoms with Gasteiger partial charge in [0.15, 0.2) is 11.5 Å². The van der Waals surface area contributed by atoms with E-state index in [-0.39, 0.29) is 11.6 Å². The highest BCUT2D eigenvalue weighted by atomic mass is 19.1. The number of pyridine rings is 2. The maximum Gasteiger partial charge on any atom is 0.263 e. The van der Waals surface area contributed by atoms with Gasteiger partial charge in [-0.15, -0.1) is 0 Å². The molecule has 0 aliphatic rings. The molecule has 154 valence electrons. The second-order valence-electron chi connectivity index (χ2n) is 7.22. The smallest absolute Gasteiger partial charge is 0.263 e. The first-order chi connectivity index (χ1) is 15.2. The van der Waals surface area contributed by atoms with Gasteiger partial charge in [-0.25, -0.2) is 19.3 Å². The number of anilines is 1. The number of nitrogens with one attached hydrogen (secondary N) is 2. The highest BCUT2D eigenvalue weighted by molar-refractivity contribution is 5.82. The van der Waals surface area contributed by atoms with Crippen LogP contribution in [0.1, 0.15) is 24.9 Å². The van der Waals surface area contributed by atoms with E-state index in [0.717, 1.165) is 11.1 Å². The Bertz CT molecular complexity index is 1440. The van der Waals surface area contributed by atoms with Crippen LogP contribution in [0.25, 0.3) is 27.8 Å². The number of benzene rings is 1. The molecule has 4 heterocycles. The Morgan fingerprint density at radius 2 is 1.97 bits per heavy atom. The molecule has 0 radical (unpaired) electrons. The first kappa shape index (κ1) is 18.9. The molecule has 0 bridgehead atoms. The zero-order valence-electron chi connectivity index (χ0n) is 16.7. The topological polar surface area (TPSA) is 88.0 Å². The summed E-state index contributed by atoms with van der Waals surface area (Å²) in [6.45, 7) is 2.03. The summed E-state index contributed by atoms with van der Waals surface area (Å²) in [5.41, 5.74) is 3.72. The summed E-state index contributed by atoms with van der Waals surface area (Å²) in [4.78, 5) is 29.2. The van der Waals surface area contributed by atoms with E-state index in [0.29, 0.717) is 34.5 Å². The van der Waals surface area contributed by atoms with Crippen LogP contribution in [-0.2, 0) is 0 Å². The summed E-state index contributed by atoms with van der Waals surface area (Å²) in [6.07, 6.45) is 4.93. The molecule has 4 aromatic heterocycles. The van der Waals surface area contributed by atoms with Crippen LogP contribution >= 0.6 is 0 Å². The van der Waals surface area contributed by atoms with Crippen LogP contribution in [0.4, 0.5) is 10.2 Å². The zero-order chi connectivity index (χ0) is 21.4. The van der Waals surface area contributed by atoms with E-state index in [9.17, 15) is 9.18 Å². The van der Waals surface area contributed by atoms with Gasteiger partial charge in [0.2, 0.25) is 0 Å². The lowest BCUT2D eigenvalue weighted by molar-refractivity contribution is 0.618. The molecule has 0 aliphatic carbocycles. The van der Waals surface area contributed by atoms with Gasteiger partial charge in [0.25, 0.3) is 5.56 Å². The van der Waals surface area contributed by atoms with Gasteiger partial charge in [-0.1, -0.05) is 37.3 Å². The molecule has 8 heteroatoms. The van der Waals surface area contributed by atoms with E-state index < -0.39 is 5.82 Å². The third-order valence-corrected chi connectivity index (χ3v) is 5.35. The predicted molar refractivity (Wildman–Crippen MR) is 117 cm³/mol. The fourth-order valence-corrected chi connectivity index (χ4v) is 3.86. The first-order valence-corrected chi connectivity index (χ1v) is 9.96. The number of aromatic nitrogens is 5. The van der Waals surface area contributed by atoms with Crippen LogP contribution in [0.15, 0.2) is 72.2 Å². The second kappa shape index (κ2) is 7.64. The van der Waals surface area contributed by atoms with Gasteiger partial charge in [-0.3, -0.25) is 9.20 Å². The molecule has 1 atom stereocenters. The number of nitrogens with zero attached hydrogens (tertiary/aromatic N) is 4. The summed E-state index contributed by atoms with van der Waals surface area (Å²) in [7, 11) is 0. The quantitative estimate of drug-likeness (QED) is 0.447. The van der Waals surface area contributed by atoms with E-state index in [4.69, 9.17) is 0 Å². The lowest BCUT2D eigenvalue weighted by Gasteiger charge is -2.22. The number of imidazole rings is 1. The predicted octanol–water partition coefficient (Wildman–Crippen LogP) is 4.34. The number of halogens is 1. The molecule has 0 fully saturated rings. The van der Waals surface area contributed by atoms with Gasteiger partial charge in [-0.2, -0.15) is 0 Å². The van der Waals surface area contributed by atoms with Crippen molar-refractivity contribution < 1.29 is 4.39 Å². The van der Waals surface area contributed by atoms with Crippen molar-refractivity contribution in [2.24, 2.45) is 0 Å². The highest BCUT2D eigenvalue weighted by Crippen LogP contribution is 2.31. The van der Waals surface area contributed by atoms with Crippen LogP contribution in [0.2, 0.25) is 0 Å². The van der Waals surface area contributed by atoms with Crippen molar-refractivity contribution in [3.63, 3.8) is 0 Å². The average Bonchev–Trinajstić information content (AvgIpc) is 3.28. The standard InChI is InChI=1S/C23H19FN6O/c1-2-18(29-22-20-21(26-12-25-20)27-13-28-22)17-10-16-9-8-15(24)11-30(16)23(31)19(17)14-6-4-3-5-7-14/h3-13,18H,2H2,1H3,(H2,25,26,27,28,29)/t18-/m0/s1. The molecule has 0 aliphatic heterocycles. The third-order valence-electron chi connectivity index (χ3n) is 5.35. The van der Waals surface area contributed by atoms with Gasteiger partial charge in [-0.05, 0) is 35.7 Å². The van der Waals surface area contributed by atoms with Gasteiger partial charge >= 0.3 is 0 Å². The summed E-state index contributed by atoms with van der Waals surface area (Å²) in [5.74, 6) is 0.141. The Balaban J connectivity index is 1.72. The van der Waals surface area contributed by atoms with Crippen molar-refractivity contribution in [3.8, 4) is 11.1 Å². The van der Waals surface area contributed by atoms with E-state index in [1.165, 1.54) is 23.0 Å². The van der Waals surface area contributed by atoms with Crippen LogP contribution < -0.4 is 10.9 Å². The Morgan fingerprint density at radius 3 is 2.77 bits per heavy atom. The van der Waals surface area contributed by atoms with Gasteiger partial charge in [0.05, 0.1) is 17.9 Å². The highest BCUT2D eigenvalue weighted by Gasteiger charge is 2.21. The van der Waals surface area contributed by atoms with Crippen molar-refractivity contribution in [1.82, 2.24) is 24.3 Å². The third kappa shape index (κ3) is 3.31. The van der Waals surface area contributed by atoms with Gasteiger partial charge < -0.3 is 10.3 Å². The molecule has 2 N–H and O–H groups in total. The molecule has 7 nitrogen and oxygen atoms in total.